The van der Waals surface area contributed by atoms with Gasteiger partial charge in [0.25, 0.3) is 0 Å². The maximum absolute atomic E-state index is 13.0. The first-order chi connectivity index (χ1) is 16.0. The highest BCUT2D eigenvalue weighted by Crippen LogP contribution is 2.45. The zero-order chi connectivity index (χ0) is 23.5. The Kier molecular flexibility index (Phi) is 6.69. The molecule has 0 fully saturated rings. The SMILES string of the molecule is CCN(CC)c1ccc([C@@H]2Oc3nc(SC)nnc3-c3ccccc3N2C(C)=O)c(OC)c1. The van der Waals surface area contributed by atoms with Gasteiger partial charge in [-0.15, -0.1) is 10.2 Å². The molecule has 4 rings (SSSR count). The number of thioether (sulfide) groups is 1. The Labute approximate surface area is 197 Å². The summed E-state index contributed by atoms with van der Waals surface area (Å²) in [6, 6.07) is 13.5. The van der Waals surface area contributed by atoms with E-state index in [0.717, 1.165) is 29.9 Å². The Balaban J connectivity index is 1.93. The molecule has 1 aromatic heterocycles. The van der Waals surface area contributed by atoms with Crippen LogP contribution < -0.4 is 19.3 Å². The summed E-state index contributed by atoms with van der Waals surface area (Å²) in [5.74, 6) is 0.780. The van der Waals surface area contributed by atoms with Gasteiger partial charge in [0, 0.05) is 37.3 Å². The Bertz CT molecular complexity index is 1170. The number of hydrogen-bond acceptors (Lipinski definition) is 8. The lowest BCUT2D eigenvalue weighted by Gasteiger charge is -2.31. The molecule has 2 aromatic carbocycles. The highest BCUT2D eigenvalue weighted by atomic mass is 32.2. The molecule has 0 radical (unpaired) electrons. The van der Waals surface area contributed by atoms with Gasteiger partial charge in [-0.2, -0.15) is 4.98 Å². The summed E-state index contributed by atoms with van der Waals surface area (Å²) >= 11 is 1.38. The summed E-state index contributed by atoms with van der Waals surface area (Å²) in [5.41, 5.74) is 3.66. The summed E-state index contributed by atoms with van der Waals surface area (Å²) in [6.45, 7) is 7.49. The summed E-state index contributed by atoms with van der Waals surface area (Å²) < 4.78 is 12.2. The van der Waals surface area contributed by atoms with Gasteiger partial charge in [0.1, 0.15) is 5.75 Å². The average Bonchev–Trinajstić information content (AvgIpc) is 2.98. The molecule has 0 N–H and O–H groups in total. The van der Waals surface area contributed by atoms with Gasteiger partial charge in [0.2, 0.25) is 23.2 Å². The number of rotatable bonds is 6. The third-order valence-corrected chi connectivity index (χ3v) is 6.18. The summed E-state index contributed by atoms with van der Waals surface area (Å²) in [5, 5.41) is 9.06. The number of carbonyl (C=O) groups excluding carboxylic acids is 1. The Hall–Kier alpha value is -3.33. The third kappa shape index (κ3) is 4.20. The van der Waals surface area contributed by atoms with Crippen LogP contribution in [0.25, 0.3) is 11.3 Å². The standard InChI is InChI=1S/C24H27N5O3S/c1-6-28(7-2)16-12-13-18(20(14-16)31-4)23-29(15(3)30)19-11-9-8-10-17(19)21-22(32-23)25-24(33-5)27-26-21/h8-14,23H,6-7H2,1-5H3/t23-/m0/s1. The van der Waals surface area contributed by atoms with Crippen LogP contribution in [0.1, 0.15) is 32.6 Å². The van der Waals surface area contributed by atoms with Crippen LogP contribution in [-0.2, 0) is 4.79 Å². The fourth-order valence-electron chi connectivity index (χ4n) is 4.03. The van der Waals surface area contributed by atoms with Gasteiger partial charge >= 0.3 is 0 Å². The molecule has 9 heteroatoms. The molecule has 0 saturated carbocycles. The lowest BCUT2D eigenvalue weighted by Crippen LogP contribution is -2.36. The van der Waals surface area contributed by atoms with Gasteiger partial charge in [0.05, 0.1) is 18.4 Å². The molecule has 33 heavy (non-hydrogen) atoms. The number of fused-ring (bicyclic) bond motifs is 3. The fraction of sp³-hybridized carbons (Fsp3) is 0.333. The van der Waals surface area contributed by atoms with Crippen LogP contribution >= 0.6 is 11.8 Å². The van der Waals surface area contributed by atoms with E-state index in [1.807, 2.05) is 48.7 Å². The van der Waals surface area contributed by atoms with E-state index in [9.17, 15) is 4.79 Å². The Morgan fingerprint density at radius 1 is 1.18 bits per heavy atom. The van der Waals surface area contributed by atoms with Crippen molar-refractivity contribution in [2.45, 2.75) is 32.2 Å². The van der Waals surface area contributed by atoms with Crippen molar-refractivity contribution in [3.05, 3.63) is 48.0 Å². The van der Waals surface area contributed by atoms with Crippen molar-refractivity contribution in [1.82, 2.24) is 15.2 Å². The topological polar surface area (TPSA) is 80.7 Å². The van der Waals surface area contributed by atoms with Gasteiger partial charge in [0.15, 0.2) is 5.69 Å². The zero-order valence-electron chi connectivity index (χ0n) is 19.4. The second-order valence-electron chi connectivity index (χ2n) is 7.43. The first kappa shape index (κ1) is 22.8. The number of amides is 1. The van der Waals surface area contributed by atoms with Crippen molar-refractivity contribution in [2.24, 2.45) is 0 Å². The van der Waals surface area contributed by atoms with Crippen molar-refractivity contribution < 1.29 is 14.3 Å². The molecule has 1 atom stereocenters. The molecule has 1 aliphatic rings. The van der Waals surface area contributed by atoms with E-state index in [1.54, 1.807) is 12.0 Å². The van der Waals surface area contributed by atoms with Gasteiger partial charge in [-0.25, -0.2) is 0 Å². The van der Waals surface area contributed by atoms with Crippen LogP contribution in [0.15, 0.2) is 47.6 Å². The number of benzene rings is 2. The van der Waals surface area contributed by atoms with Gasteiger partial charge in [-0.3, -0.25) is 9.69 Å². The number of anilines is 2. The zero-order valence-corrected chi connectivity index (χ0v) is 20.2. The predicted molar refractivity (Wildman–Crippen MR) is 130 cm³/mol. The largest absolute Gasteiger partial charge is 0.496 e. The Morgan fingerprint density at radius 3 is 2.61 bits per heavy atom. The normalized spacial score (nSPS) is 14.6. The number of ether oxygens (including phenoxy) is 2. The van der Waals surface area contributed by atoms with E-state index in [-0.39, 0.29) is 5.91 Å². The maximum atomic E-state index is 13.0. The van der Waals surface area contributed by atoms with Crippen LogP contribution in [0.5, 0.6) is 11.6 Å². The minimum absolute atomic E-state index is 0.173. The number of aromatic nitrogens is 3. The number of hydrogen-bond donors (Lipinski definition) is 0. The first-order valence-corrected chi connectivity index (χ1v) is 12.0. The number of carbonyl (C=O) groups is 1. The van der Waals surface area contributed by atoms with Gasteiger partial charge in [-0.1, -0.05) is 30.0 Å². The van der Waals surface area contributed by atoms with Crippen LogP contribution in [0.3, 0.4) is 0 Å². The van der Waals surface area contributed by atoms with E-state index in [4.69, 9.17) is 9.47 Å². The highest BCUT2D eigenvalue weighted by Gasteiger charge is 2.36. The van der Waals surface area contributed by atoms with Crippen molar-refractivity contribution >= 4 is 29.0 Å². The van der Waals surface area contributed by atoms with Crippen LogP contribution in [0.2, 0.25) is 0 Å². The molecule has 8 nitrogen and oxygen atoms in total. The van der Waals surface area contributed by atoms with E-state index < -0.39 is 6.23 Å². The average molecular weight is 466 g/mol. The van der Waals surface area contributed by atoms with E-state index in [0.29, 0.717) is 28.2 Å². The molecule has 3 aromatic rings. The van der Waals surface area contributed by atoms with E-state index in [2.05, 4.69) is 33.9 Å². The van der Waals surface area contributed by atoms with Crippen molar-refractivity contribution in [3.63, 3.8) is 0 Å². The summed E-state index contributed by atoms with van der Waals surface area (Å²) in [6.07, 6.45) is 1.08. The third-order valence-electron chi connectivity index (χ3n) is 5.65. The number of para-hydroxylation sites is 1. The second-order valence-corrected chi connectivity index (χ2v) is 8.20. The smallest absolute Gasteiger partial charge is 0.247 e. The molecule has 0 unspecified atom stereocenters. The van der Waals surface area contributed by atoms with Crippen molar-refractivity contribution in [3.8, 4) is 22.9 Å². The molecule has 1 aliphatic heterocycles. The molecular weight excluding hydrogens is 438 g/mol. The highest BCUT2D eigenvalue weighted by molar-refractivity contribution is 7.98. The van der Waals surface area contributed by atoms with Gasteiger partial charge in [-0.05, 0) is 38.3 Å². The predicted octanol–water partition coefficient (Wildman–Crippen LogP) is 4.56. The number of methoxy groups -OCH3 is 1. The Morgan fingerprint density at radius 2 is 1.94 bits per heavy atom. The quantitative estimate of drug-likeness (QED) is 0.490. The van der Waals surface area contributed by atoms with Crippen LogP contribution in [-0.4, -0.2) is 47.5 Å². The molecule has 1 amide bonds. The monoisotopic (exact) mass is 465 g/mol. The van der Waals surface area contributed by atoms with Crippen LogP contribution in [0.4, 0.5) is 11.4 Å². The minimum Gasteiger partial charge on any atom is -0.496 e. The first-order valence-electron chi connectivity index (χ1n) is 10.8. The molecule has 0 bridgehead atoms. The molecular formula is C24H27N5O3S. The summed E-state index contributed by atoms with van der Waals surface area (Å²) in [7, 11) is 1.62. The van der Waals surface area contributed by atoms with E-state index in [1.165, 1.54) is 18.7 Å². The van der Waals surface area contributed by atoms with Crippen molar-refractivity contribution in [2.75, 3.05) is 36.3 Å². The lowest BCUT2D eigenvalue weighted by atomic mass is 10.1. The molecule has 0 aliphatic carbocycles. The molecule has 172 valence electrons. The molecule has 0 spiro atoms. The minimum atomic E-state index is -0.794. The van der Waals surface area contributed by atoms with Crippen molar-refractivity contribution in [1.29, 1.82) is 0 Å². The number of nitrogens with zero attached hydrogens (tertiary/aromatic N) is 5. The lowest BCUT2D eigenvalue weighted by molar-refractivity contribution is -0.118. The summed E-state index contributed by atoms with van der Waals surface area (Å²) in [4.78, 5) is 21.4. The fourth-order valence-corrected chi connectivity index (χ4v) is 4.33. The molecule has 0 saturated heterocycles. The van der Waals surface area contributed by atoms with Crippen LogP contribution in [0, 0.1) is 0 Å². The van der Waals surface area contributed by atoms with E-state index >= 15 is 0 Å². The molecule has 2 heterocycles. The second kappa shape index (κ2) is 9.66. The van der Waals surface area contributed by atoms with Gasteiger partial charge < -0.3 is 14.4 Å². The maximum Gasteiger partial charge on any atom is 0.247 e.